The molecule has 0 aliphatic heterocycles. The van der Waals surface area contributed by atoms with E-state index in [1.807, 2.05) is 25.1 Å². The summed E-state index contributed by atoms with van der Waals surface area (Å²) in [7, 11) is 1.60. The zero-order valence-corrected chi connectivity index (χ0v) is 13.1. The number of hydrogen-bond donors (Lipinski definition) is 1. The lowest BCUT2D eigenvalue weighted by Gasteiger charge is -2.17. The maximum absolute atomic E-state index is 13.4. The van der Waals surface area contributed by atoms with Crippen LogP contribution in [-0.4, -0.2) is 7.11 Å². The van der Waals surface area contributed by atoms with Crippen LogP contribution >= 0.6 is 15.9 Å². The van der Waals surface area contributed by atoms with E-state index in [9.17, 15) is 4.39 Å². The van der Waals surface area contributed by atoms with Crippen LogP contribution in [0.15, 0.2) is 46.9 Å². The lowest BCUT2D eigenvalue weighted by atomic mass is 10.1. The van der Waals surface area contributed by atoms with Gasteiger partial charge < -0.3 is 10.1 Å². The molecule has 4 heteroatoms. The molecule has 0 spiro atoms. The largest absolute Gasteiger partial charge is 0.496 e. The molecule has 20 heavy (non-hydrogen) atoms. The van der Waals surface area contributed by atoms with Gasteiger partial charge in [0, 0.05) is 22.6 Å². The fourth-order valence-corrected chi connectivity index (χ4v) is 2.52. The number of rotatable bonds is 5. The molecular formula is C16H17BrFNO. The van der Waals surface area contributed by atoms with Crippen LogP contribution in [0.1, 0.15) is 24.1 Å². The predicted molar refractivity (Wildman–Crippen MR) is 82.3 cm³/mol. The highest BCUT2D eigenvalue weighted by Crippen LogP contribution is 2.26. The molecule has 1 N–H and O–H groups in total. The Morgan fingerprint density at radius 2 is 2.05 bits per heavy atom. The summed E-state index contributed by atoms with van der Waals surface area (Å²) in [5.74, 6) is 0.442. The summed E-state index contributed by atoms with van der Waals surface area (Å²) in [4.78, 5) is 0. The molecule has 0 saturated heterocycles. The average Bonchev–Trinajstić information content (AvgIpc) is 2.45. The van der Waals surface area contributed by atoms with E-state index >= 15 is 0 Å². The molecule has 2 aromatic carbocycles. The maximum Gasteiger partial charge on any atom is 0.123 e. The minimum atomic E-state index is -0.253. The second-order valence-corrected chi connectivity index (χ2v) is 5.53. The zero-order chi connectivity index (χ0) is 14.5. The lowest BCUT2D eigenvalue weighted by Crippen LogP contribution is -2.18. The second kappa shape index (κ2) is 6.86. The van der Waals surface area contributed by atoms with Crippen LogP contribution in [-0.2, 0) is 6.54 Å². The highest BCUT2D eigenvalue weighted by atomic mass is 79.9. The molecule has 0 amide bonds. The average molecular weight is 338 g/mol. The second-order valence-electron chi connectivity index (χ2n) is 4.62. The monoisotopic (exact) mass is 337 g/mol. The van der Waals surface area contributed by atoms with Gasteiger partial charge >= 0.3 is 0 Å². The van der Waals surface area contributed by atoms with E-state index in [4.69, 9.17) is 4.74 Å². The quantitative estimate of drug-likeness (QED) is 0.870. The minimum Gasteiger partial charge on any atom is -0.496 e. The van der Waals surface area contributed by atoms with E-state index < -0.39 is 0 Å². The Hall–Kier alpha value is -1.39. The van der Waals surface area contributed by atoms with Crippen LogP contribution < -0.4 is 10.1 Å². The fraction of sp³-hybridized carbons (Fsp3) is 0.250. The first-order valence-corrected chi connectivity index (χ1v) is 7.20. The van der Waals surface area contributed by atoms with Crippen molar-refractivity contribution in [1.29, 1.82) is 0 Å². The third kappa shape index (κ3) is 3.81. The van der Waals surface area contributed by atoms with Gasteiger partial charge in [-0.3, -0.25) is 0 Å². The zero-order valence-electron chi connectivity index (χ0n) is 11.5. The summed E-state index contributed by atoms with van der Waals surface area (Å²) in [6.45, 7) is 2.70. The van der Waals surface area contributed by atoms with Gasteiger partial charge in [-0.05, 0) is 42.8 Å². The van der Waals surface area contributed by atoms with Crippen LogP contribution in [0, 0.1) is 5.82 Å². The summed E-state index contributed by atoms with van der Waals surface area (Å²) in [5, 5.41) is 3.38. The molecule has 0 aromatic heterocycles. The van der Waals surface area contributed by atoms with E-state index in [0.29, 0.717) is 12.3 Å². The summed E-state index contributed by atoms with van der Waals surface area (Å²) in [6.07, 6.45) is 0. The van der Waals surface area contributed by atoms with Crippen molar-refractivity contribution >= 4 is 15.9 Å². The summed E-state index contributed by atoms with van der Waals surface area (Å²) >= 11 is 3.45. The van der Waals surface area contributed by atoms with Gasteiger partial charge in [0.2, 0.25) is 0 Å². The van der Waals surface area contributed by atoms with E-state index in [2.05, 4.69) is 27.3 Å². The Kier molecular flexibility index (Phi) is 5.15. The third-order valence-electron chi connectivity index (χ3n) is 3.16. The highest BCUT2D eigenvalue weighted by molar-refractivity contribution is 9.10. The molecule has 2 nitrogen and oxygen atoms in total. The Balaban J connectivity index is 2.08. The number of ether oxygens (including phenoxy) is 1. The first-order valence-electron chi connectivity index (χ1n) is 6.41. The van der Waals surface area contributed by atoms with Crippen molar-refractivity contribution in [1.82, 2.24) is 5.32 Å². The summed E-state index contributed by atoms with van der Waals surface area (Å²) < 4.78 is 19.7. The molecule has 0 fully saturated rings. The van der Waals surface area contributed by atoms with Crippen molar-refractivity contribution in [2.45, 2.75) is 19.5 Å². The third-order valence-corrected chi connectivity index (χ3v) is 3.65. The molecule has 1 atom stereocenters. The van der Waals surface area contributed by atoms with E-state index in [0.717, 1.165) is 10.0 Å². The highest BCUT2D eigenvalue weighted by Gasteiger charge is 2.12. The summed E-state index contributed by atoms with van der Waals surface area (Å²) in [5.41, 5.74) is 1.99. The number of nitrogens with one attached hydrogen (secondary N) is 1. The SMILES string of the molecule is COc1ccc(F)cc1C(C)NCc1cccc(Br)c1. The Bertz CT molecular complexity index is 588. The van der Waals surface area contributed by atoms with Crippen LogP contribution in [0.25, 0.3) is 0 Å². The fourth-order valence-electron chi connectivity index (χ4n) is 2.07. The first kappa shape index (κ1) is 15.0. The topological polar surface area (TPSA) is 21.3 Å². The van der Waals surface area contributed by atoms with Gasteiger partial charge in [-0.15, -0.1) is 0 Å². The molecule has 0 aliphatic rings. The van der Waals surface area contributed by atoms with Gasteiger partial charge in [0.25, 0.3) is 0 Å². The molecule has 1 unspecified atom stereocenters. The molecule has 0 bridgehead atoms. The first-order chi connectivity index (χ1) is 9.60. The van der Waals surface area contributed by atoms with Crippen molar-refractivity contribution < 1.29 is 9.13 Å². The van der Waals surface area contributed by atoms with Gasteiger partial charge in [0.05, 0.1) is 7.11 Å². The molecule has 0 radical (unpaired) electrons. The van der Waals surface area contributed by atoms with Gasteiger partial charge in [0.1, 0.15) is 11.6 Å². The van der Waals surface area contributed by atoms with Crippen molar-refractivity contribution in [3.05, 3.63) is 63.9 Å². The standard InChI is InChI=1S/C16H17BrFNO/c1-11(15-9-14(18)6-7-16(15)20-2)19-10-12-4-3-5-13(17)8-12/h3-9,11,19H,10H2,1-2H3. The van der Waals surface area contributed by atoms with Gasteiger partial charge in [-0.25, -0.2) is 4.39 Å². The smallest absolute Gasteiger partial charge is 0.123 e. The minimum absolute atomic E-state index is 0.000341. The summed E-state index contributed by atoms with van der Waals surface area (Å²) in [6, 6.07) is 12.7. The molecular weight excluding hydrogens is 321 g/mol. The Morgan fingerprint density at radius 1 is 1.25 bits per heavy atom. The van der Waals surface area contributed by atoms with E-state index in [1.165, 1.54) is 17.7 Å². The number of benzene rings is 2. The van der Waals surface area contributed by atoms with Gasteiger partial charge in [0.15, 0.2) is 0 Å². The normalized spacial score (nSPS) is 12.2. The Labute approximate surface area is 127 Å². The van der Waals surface area contributed by atoms with E-state index in [-0.39, 0.29) is 11.9 Å². The lowest BCUT2D eigenvalue weighted by molar-refractivity contribution is 0.399. The van der Waals surface area contributed by atoms with Crippen molar-refractivity contribution in [3.8, 4) is 5.75 Å². The molecule has 2 aromatic rings. The van der Waals surface area contributed by atoms with Gasteiger partial charge in [-0.2, -0.15) is 0 Å². The number of hydrogen-bond acceptors (Lipinski definition) is 2. The Morgan fingerprint density at radius 3 is 2.75 bits per heavy atom. The van der Waals surface area contributed by atoms with Crippen LogP contribution in [0.4, 0.5) is 4.39 Å². The molecule has 106 valence electrons. The van der Waals surface area contributed by atoms with Crippen molar-refractivity contribution in [3.63, 3.8) is 0 Å². The number of halogens is 2. The maximum atomic E-state index is 13.4. The van der Waals surface area contributed by atoms with Gasteiger partial charge in [-0.1, -0.05) is 28.1 Å². The molecule has 0 aliphatic carbocycles. The van der Waals surface area contributed by atoms with Crippen molar-refractivity contribution in [2.75, 3.05) is 7.11 Å². The van der Waals surface area contributed by atoms with Crippen molar-refractivity contribution in [2.24, 2.45) is 0 Å². The number of methoxy groups -OCH3 is 1. The molecule has 0 heterocycles. The van der Waals surface area contributed by atoms with Crippen LogP contribution in [0.3, 0.4) is 0 Å². The van der Waals surface area contributed by atoms with Crippen LogP contribution in [0.2, 0.25) is 0 Å². The molecule has 2 rings (SSSR count). The van der Waals surface area contributed by atoms with Crippen LogP contribution in [0.5, 0.6) is 5.75 Å². The van der Waals surface area contributed by atoms with E-state index in [1.54, 1.807) is 13.2 Å². The predicted octanol–water partition coefficient (Wildman–Crippen LogP) is 4.45. The molecule has 0 saturated carbocycles.